The second-order valence-electron chi connectivity index (χ2n) is 6.03. The van der Waals surface area contributed by atoms with Gasteiger partial charge >= 0.3 is 0 Å². The Labute approximate surface area is 167 Å². The summed E-state index contributed by atoms with van der Waals surface area (Å²) in [5.41, 5.74) is 1.72. The van der Waals surface area contributed by atoms with Crippen LogP contribution in [0.1, 0.15) is 21.6 Å². The minimum atomic E-state index is -0.669. The van der Waals surface area contributed by atoms with Gasteiger partial charge in [-0.1, -0.05) is 11.6 Å². The van der Waals surface area contributed by atoms with E-state index in [9.17, 15) is 19.3 Å². The maximum atomic E-state index is 13.3. The first-order chi connectivity index (χ1) is 13.4. The van der Waals surface area contributed by atoms with Crippen molar-refractivity contribution in [3.63, 3.8) is 0 Å². The van der Waals surface area contributed by atoms with E-state index in [0.29, 0.717) is 23.0 Å². The van der Waals surface area contributed by atoms with Crippen LogP contribution in [0.5, 0.6) is 0 Å². The molecule has 0 spiro atoms. The molecule has 4 rings (SSSR count). The third-order valence-electron chi connectivity index (χ3n) is 4.25. The lowest BCUT2D eigenvalue weighted by atomic mass is 10.1. The third-order valence-corrected chi connectivity index (χ3v) is 5.46. The summed E-state index contributed by atoms with van der Waals surface area (Å²) in [6.07, 6.45) is 0. The topological polar surface area (TPSA) is 90.1 Å². The standard InChI is InChI=1S/C18H12ClFN4O3S/c19-10-1-6-16(24(26)27)13(7-10)18(25)21-17-14-8-28-9-15(14)22-23(17)12-4-2-11(20)3-5-12/h1-7H,8-9H2,(H,21,25). The van der Waals surface area contributed by atoms with E-state index in [1.807, 2.05) is 0 Å². The fourth-order valence-electron chi connectivity index (χ4n) is 2.93. The minimum Gasteiger partial charge on any atom is -0.306 e. The number of fused-ring (bicyclic) bond motifs is 1. The molecule has 1 N–H and O–H groups in total. The zero-order valence-electron chi connectivity index (χ0n) is 14.2. The number of thioether (sulfide) groups is 1. The number of hydrogen-bond acceptors (Lipinski definition) is 5. The number of aromatic nitrogens is 2. The number of nitrogens with zero attached hydrogens (tertiary/aromatic N) is 3. The molecule has 0 radical (unpaired) electrons. The molecule has 7 nitrogen and oxygen atoms in total. The first kappa shape index (κ1) is 18.5. The van der Waals surface area contributed by atoms with Crippen LogP contribution < -0.4 is 5.32 Å². The average molecular weight is 419 g/mol. The van der Waals surface area contributed by atoms with Gasteiger partial charge in [-0.3, -0.25) is 14.9 Å². The van der Waals surface area contributed by atoms with E-state index < -0.39 is 10.8 Å². The molecule has 0 saturated carbocycles. The van der Waals surface area contributed by atoms with Crippen molar-refractivity contribution in [1.29, 1.82) is 0 Å². The number of anilines is 1. The van der Waals surface area contributed by atoms with Crippen LogP contribution in [0.25, 0.3) is 5.69 Å². The predicted molar refractivity (Wildman–Crippen MR) is 105 cm³/mol. The molecule has 2 heterocycles. The number of nitro groups is 1. The van der Waals surface area contributed by atoms with Gasteiger partial charge in [0.05, 0.1) is 16.3 Å². The molecule has 10 heteroatoms. The van der Waals surface area contributed by atoms with Crippen molar-refractivity contribution >= 4 is 40.8 Å². The van der Waals surface area contributed by atoms with Gasteiger partial charge in [-0.05, 0) is 36.4 Å². The van der Waals surface area contributed by atoms with Gasteiger partial charge < -0.3 is 5.32 Å². The number of nitro benzene ring substituents is 1. The summed E-state index contributed by atoms with van der Waals surface area (Å²) in [6.45, 7) is 0. The summed E-state index contributed by atoms with van der Waals surface area (Å²) in [6, 6.07) is 9.48. The van der Waals surface area contributed by atoms with Crippen LogP contribution in [0.4, 0.5) is 15.9 Å². The highest BCUT2D eigenvalue weighted by Gasteiger charge is 2.27. The summed E-state index contributed by atoms with van der Waals surface area (Å²) in [7, 11) is 0. The molecular formula is C18H12ClFN4O3S. The first-order valence-corrected chi connectivity index (χ1v) is 9.67. The Balaban J connectivity index is 1.76. The van der Waals surface area contributed by atoms with Gasteiger partial charge in [0.25, 0.3) is 11.6 Å². The highest BCUT2D eigenvalue weighted by Crippen LogP contribution is 2.36. The maximum absolute atomic E-state index is 13.3. The van der Waals surface area contributed by atoms with Crippen LogP contribution in [0.15, 0.2) is 42.5 Å². The third kappa shape index (κ3) is 3.34. The number of rotatable bonds is 4. The van der Waals surface area contributed by atoms with E-state index in [4.69, 9.17) is 11.6 Å². The molecule has 0 unspecified atom stereocenters. The second-order valence-corrected chi connectivity index (χ2v) is 7.45. The van der Waals surface area contributed by atoms with Crippen LogP contribution in [0, 0.1) is 15.9 Å². The molecule has 1 aliphatic rings. The largest absolute Gasteiger partial charge is 0.306 e. The van der Waals surface area contributed by atoms with Crippen molar-refractivity contribution in [2.24, 2.45) is 0 Å². The zero-order chi connectivity index (χ0) is 19.8. The SMILES string of the molecule is O=C(Nc1c2c(nn1-c1ccc(F)cc1)CSC2)c1cc(Cl)ccc1[N+](=O)[O-]. The van der Waals surface area contributed by atoms with Gasteiger partial charge in [0, 0.05) is 28.2 Å². The van der Waals surface area contributed by atoms with E-state index in [1.165, 1.54) is 35.0 Å². The zero-order valence-corrected chi connectivity index (χ0v) is 15.8. The molecule has 0 aliphatic carbocycles. The number of nitrogens with one attached hydrogen (secondary N) is 1. The van der Waals surface area contributed by atoms with Crippen LogP contribution in [0.3, 0.4) is 0 Å². The molecule has 1 aliphatic heterocycles. The van der Waals surface area contributed by atoms with Crippen LogP contribution >= 0.6 is 23.4 Å². The maximum Gasteiger partial charge on any atom is 0.282 e. The van der Waals surface area contributed by atoms with Crippen LogP contribution in [0.2, 0.25) is 5.02 Å². The Morgan fingerprint density at radius 1 is 1.25 bits per heavy atom. The lowest BCUT2D eigenvalue weighted by Gasteiger charge is -2.11. The van der Waals surface area contributed by atoms with Crippen molar-refractivity contribution in [2.75, 3.05) is 5.32 Å². The molecule has 0 bridgehead atoms. The van der Waals surface area contributed by atoms with Crippen LogP contribution in [-0.4, -0.2) is 20.6 Å². The number of carbonyl (C=O) groups is 1. The average Bonchev–Trinajstić information content (AvgIpc) is 3.24. The Kier molecular flexibility index (Phi) is 4.78. The summed E-state index contributed by atoms with van der Waals surface area (Å²) in [5, 5.41) is 18.7. The highest BCUT2D eigenvalue weighted by atomic mass is 35.5. The van der Waals surface area contributed by atoms with E-state index in [0.717, 1.165) is 11.3 Å². The normalized spacial score (nSPS) is 12.6. The van der Waals surface area contributed by atoms with Gasteiger partial charge in [0.1, 0.15) is 17.2 Å². The molecule has 0 saturated heterocycles. The van der Waals surface area contributed by atoms with Gasteiger partial charge in [-0.15, -0.1) is 0 Å². The molecule has 1 aromatic heterocycles. The number of carbonyl (C=O) groups excluding carboxylic acids is 1. The Bertz CT molecular complexity index is 1100. The second kappa shape index (κ2) is 7.25. The predicted octanol–water partition coefficient (Wildman–Crippen LogP) is 4.57. The summed E-state index contributed by atoms with van der Waals surface area (Å²) in [5.74, 6) is 0.676. The molecule has 142 valence electrons. The summed E-state index contributed by atoms with van der Waals surface area (Å²) < 4.78 is 14.8. The van der Waals surface area contributed by atoms with E-state index in [2.05, 4.69) is 10.4 Å². The van der Waals surface area contributed by atoms with Crippen molar-refractivity contribution in [1.82, 2.24) is 9.78 Å². The molecule has 3 aromatic rings. The van der Waals surface area contributed by atoms with Gasteiger partial charge in [-0.25, -0.2) is 9.07 Å². The monoisotopic (exact) mass is 418 g/mol. The lowest BCUT2D eigenvalue weighted by Crippen LogP contribution is -2.17. The van der Waals surface area contributed by atoms with E-state index >= 15 is 0 Å². The summed E-state index contributed by atoms with van der Waals surface area (Å²) >= 11 is 7.57. The van der Waals surface area contributed by atoms with Crippen LogP contribution in [-0.2, 0) is 11.5 Å². The Morgan fingerprint density at radius 2 is 2.00 bits per heavy atom. The van der Waals surface area contributed by atoms with Gasteiger partial charge in [0.15, 0.2) is 0 Å². The van der Waals surface area contributed by atoms with Crippen molar-refractivity contribution < 1.29 is 14.1 Å². The van der Waals surface area contributed by atoms with E-state index in [1.54, 1.807) is 23.9 Å². The Hall–Kier alpha value is -2.91. The molecule has 0 fully saturated rings. The highest BCUT2D eigenvalue weighted by molar-refractivity contribution is 7.98. The van der Waals surface area contributed by atoms with Crippen molar-refractivity contribution in [3.05, 3.63) is 80.2 Å². The summed E-state index contributed by atoms with van der Waals surface area (Å²) in [4.78, 5) is 23.5. The molecular weight excluding hydrogens is 407 g/mol. The fourth-order valence-corrected chi connectivity index (χ4v) is 4.14. The number of amides is 1. The minimum absolute atomic E-state index is 0.149. The molecule has 1 amide bonds. The number of halogens is 2. The quantitative estimate of drug-likeness (QED) is 0.495. The molecule has 28 heavy (non-hydrogen) atoms. The van der Waals surface area contributed by atoms with Gasteiger partial charge in [-0.2, -0.15) is 16.9 Å². The van der Waals surface area contributed by atoms with Gasteiger partial charge in [0.2, 0.25) is 0 Å². The number of benzene rings is 2. The molecule has 2 aromatic carbocycles. The van der Waals surface area contributed by atoms with Crippen molar-refractivity contribution in [2.45, 2.75) is 11.5 Å². The smallest absolute Gasteiger partial charge is 0.282 e. The fraction of sp³-hybridized carbons (Fsp3) is 0.111. The Morgan fingerprint density at radius 3 is 2.71 bits per heavy atom. The lowest BCUT2D eigenvalue weighted by molar-refractivity contribution is -0.385. The first-order valence-electron chi connectivity index (χ1n) is 8.14. The number of hydrogen-bond donors (Lipinski definition) is 1. The van der Waals surface area contributed by atoms with Crippen molar-refractivity contribution in [3.8, 4) is 5.69 Å². The van der Waals surface area contributed by atoms with E-state index in [-0.39, 0.29) is 22.1 Å². The molecule has 0 atom stereocenters.